The van der Waals surface area contributed by atoms with Gasteiger partial charge in [-0.1, -0.05) is 6.07 Å². The van der Waals surface area contributed by atoms with E-state index in [0.717, 1.165) is 5.56 Å². The van der Waals surface area contributed by atoms with E-state index in [1.807, 2.05) is 12.1 Å². The number of hydrogen-bond donors (Lipinski definition) is 2. The molecule has 0 radical (unpaired) electrons. The minimum atomic E-state index is -0.309. The minimum absolute atomic E-state index is 0.0647. The van der Waals surface area contributed by atoms with Gasteiger partial charge in [-0.25, -0.2) is 4.98 Å². The average molecular weight is 392 g/mol. The van der Waals surface area contributed by atoms with Crippen molar-refractivity contribution >= 4 is 23.3 Å². The third kappa shape index (κ3) is 3.25. The van der Waals surface area contributed by atoms with Gasteiger partial charge < -0.3 is 9.84 Å². The van der Waals surface area contributed by atoms with Crippen molar-refractivity contribution in [2.24, 2.45) is 0 Å². The first kappa shape index (κ1) is 17.9. The topological polar surface area (TPSA) is 93.0 Å². The number of pyridine rings is 2. The van der Waals surface area contributed by atoms with Crippen LogP contribution in [0.5, 0.6) is 11.5 Å². The zero-order valence-corrected chi connectivity index (χ0v) is 15.7. The van der Waals surface area contributed by atoms with Gasteiger partial charge in [-0.05, 0) is 54.2 Å². The summed E-state index contributed by atoms with van der Waals surface area (Å²) in [5.41, 5.74) is 2.04. The van der Waals surface area contributed by atoms with Gasteiger partial charge in [0.1, 0.15) is 17.1 Å². The number of nitrogens with one attached hydrogen (secondary N) is 1. The summed E-state index contributed by atoms with van der Waals surface area (Å²) in [6, 6.07) is 12.0. The normalized spacial score (nSPS) is 10.9. The van der Waals surface area contributed by atoms with Crippen molar-refractivity contribution in [1.29, 1.82) is 0 Å². The standard InChI is InChI=1S/C20H16N4O3S/c1-27-13-4-7-17(25)15(9-13)16-6-5-14-18(22-16)24(20(28)23-19(14)26)11-12-3-2-8-21-10-12/h2-10,25H,11H2,1H3,(H,23,26,28). The number of phenols is 1. The predicted octanol–water partition coefficient (Wildman–Crippen LogP) is 3.28. The number of fused-ring (bicyclic) bond motifs is 1. The van der Waals surface area contributed by atoms with Crippen molar-refractivity contribution < 1.29 is 9.84 Å². The van der Waals surface area contributed by atoms with Crippen molar-refractivity contribution in [2.75, 3.05) is 7.11 Å². The molecule has 0 aliphatic heterocycles. The molecule has 8 heteroatoms. The lowest BCUT2D eigenvalue weighted by Gasteiger charge is -2.12. The molecule has 0 spiro atoms. The highest BCUT2D eigenvalue weighted by atomic mass is 32.1. The molecule has 140 valence electrons. The van der Waals surface area contributed by atoms with Crippen molar-refractivity contribution in [3.8, 4) is 22.8 Å². The number of benzene rings is 1. The Morgan fingerprint density at radius 2 is 2.11 bits per heavy atom. The maximum atomic E-state index is 12.4. The molecule has 4 aromatic rings. The van der Waals surface area contributed by atoms with Gasteiger partial charge in [-0.2, -0.15) is 0 Å². The summed E-state index contributed by atoms with van der Waals surface area (Å²) in [6.07, 6.45) is 3.42. The average Bonchev–Trinajstić information content (AvgIpc) is 2.72. The molecule has 0 fully saturated rings. The Bertz CT molecular complexity index is 1280. The third-order valence-corrected chi connectivity index (χ3v) is 4.71. The molecule has 0 saturated carbocycles. The van der Waals surface area contributed by atoms with Crippen molar-refractivity contribution in [1.82, 2.24) is 19.5 Å². The van der Waals surface area contributed by atoms with E-state index in [0.29, 0.717) is 34.6 Å². The molecule has 0 aliphatic carbocycles. The second-order valence-corrected chi connectivity index (χ2v) is 6.54. The van der Waals surface area contributed by atoms with Crippen molar-refractivity contribution in [3.63, 3.8) is 0 Å². The molecule has 0 atom stereocenters. The number of methoxy groups -OCH3 is 1. The highest BCUT2D eigenvalue weighted by Crippen LogP contribution is 2.32. The molecule has 7 nitrogen and oxygen atoms in total. The Balaban J connectivity index is 1.94. The fraction of sp³-hybridized carbons (Fsp3) is 0.100. The van der Waals surface area contributed by atoms with E-state index in [9.17, 15) is 9.90 Å². The number of aromatic nitrogens is 4. The zero-order chi connectivity index (χ0) is 19.7. The Morgan fingerprint density at radius 1 is 1.25 bits per heavy atom. The summed E-state index contributed by atoms with van der Waals surface area (Å²) in [5, 5.41) is 10.7. The molecule has 0 amide bonds. The smallest absolute Gasteiger partial charge is 0.261 e. The molecule has 4 rings (SSSR count). The summed E-state index contributed by atoms with van der Waals surface area (Å²) in [4.78, 5) is 23.8. The second-order valence-electron chi connectivity index (χ2n) is 6.16. The highest BCUT2D eigenvalue weighted by molar-refractivity contribution is 7.71. The van der Waals surface area contributed by atoms with Crippen LogP contribution in [-0.2, 0) is 6.54 Å². The first-order chi connectivity index (χ1) is 13.6. The molecule has 0 unspecified atom stereocenters. The maximum absolute atomic E-state index is 12.4. The quantitative estimate of drug-likeness (QED) is 0.518. The molecule has 2 N–H and O–H groups in total. The summed E-state index contributed by atoms with van der Waals surface area (Å²) in [7, 11) is 1.55. The molecule has 3 aromatic heterocycles. The van der Waals surface area contributed by atoms with Crippen LogP contribution < -0.4 is 10.3 Å². The first-order valence-electron chi connectivity index (χ1n) is 8.47. The second kappa shape index (κ2) is 7.24. The lowest BCUT2D eigenvalue weighted by molar-refractivity contribution is 0.412. The SMILES string of the molecule is COc1ccc(O)c(-c2ccc3c(=O)[nH]c(=S)n(Cc4cccnc4)c3n2)c1. The van der Waals surface area contributed by atoms with E-state index < -0.39 is 0 Å². The Labute approximate surface area is 164 Å². The molecule has 28 heavy (non-hydrogen) atoms. The van der Waals surface area contributed by atoms with Gasteiger partial charge >= 0.3 is 0 Å². The van der Waals surface area contributed by atoms with E-state index in [1.165, 1.54) is 0 Å². The van der Waals surface area contributed by atoms with Crippen LogP contribution in [-0.4, -0.2) is 31.7 Å². The van der Waals surface area contributed by atoms with Crippen LogP contribution in [0.1, 0.15) is 5.56 Å². The lowest BCUT2D eigenvalue weighted by atomic mass is 10.1. The van der Waals surface area contributed by atoms with Crippen LogP contribution in [0.2, 0.25) is 0 Å². The van der Waals surface area contributed by atoms with Gasteiger partial charge in [0.15, 0.2) is 4.77 Å². The van der Waals surface area contributed by atoms with E-state index in [4.69, 9.17) is 17.0 Å². The van der Waals surface area contributed by atoms with E-state index >= 15 is 0 Å². The van der Waals surface area contributed by atoms with E-state index in [-0.39, 0.29) is 16.1 Å². The Hall–Kier alpha value is -3.52. The van der Waals surface area contributed by atoms with E-state index in [1.54, 1.807) is 54.4 Å². The van der Waals surface area contributed by atoms with Crippen LogP contribution in [0.15, 0.2) is 59.7 Å². The number of aromatic hydroxyl groups is 1. The van der Waals surface area contributed by atoms with Crippen LogP contribution in [0.25, 0.3) is 22.3 Å². The molecule has 0 saturated heterocycles. The fourth-order valence-electron chi connectivity index (χ4n) is 2.98. The number of rotatable bonds is 4. The molecule has 0 bridgehead atoms. The van der Waals surface area contributed by atoms with Crippen LogP contribution >= 0.6 is 12.2 Å². The lowest BCUT2D eigenvalue weighted by Crippen LogP contribution is -2.16. The Kier molecular flexibility index (Phi) is 4.62. The number of hydrogen-bond acceptors (Lipinski definition) is 6. The summed E-state index contributed by atoms with van der Waals surface area (Å²) in [6.45, 7) is 0.403. The minimum Gasteiger partial charge on any atom is -0.507 e. The highest BCUT2D eigenvalue weighted by Gasteiger charge is 2.13. The van der Waals surface area contributed by atoms with Gasteiger partial charge in [-0.3, -0.25) is 19.3 Å². The van der Waals surface area contributed by atoms with Gasteiger partial charge in [-0.15, -0.1) is 0 Å². The predicted molar refractivity (Wildman–Crippen MR) is 108 cm³/mol. The van der Waals surface area contributed by atoms with E-state index in [2.05, 4.69) is 15.0 Å². The third-order valence-electron chi connectivity index (χ3n) is 4.38. The molecular weight excluding hydrogens is 376 g/mol. The summed E-state index contributed by atoms with van der Waals surface area (Å²) >= 11 is 5.37. The number of H-pyrrole nitrogens is 1. The number of phenolic OH excluding ortho intramolecular Hbond substituents is 1. The zero-order valence-electron chi connectivity index (χ0n) is 14.9. The summed E-state index contributed by atoms with van der Waals surface area (Å²) < 4.78 is 7.24. The van der Waals surface area contributed by atoms with Gasteiger partial charge in [0.05, 0.1) is 24.7 Å². The number of aromatic amines is 1. The van der Waals surface area contributed by atoms with Crippen LogP contribution in [0, 0.1) is 4.77 Å². The van der Waals surface area contributed by atoms with Crippen LogP contribution in [0.3, 0.4) is 0 Å². The largest absolute Gasteiger partial charge is 0.507 e. The van der Waals surface area contributed by atoms with Crippen LogP contribution in [0.4, 0.5) is 0 Å². The fourth-order valence-corrected chi connectivity index (χ4v) is 3.22. The Morgan fingerprint density at radius 3 is 2.86 bits per heavy atom. The molecule has 1 aromatic carbocycles. The number of ether oxygens (including phenoxy) is 1. The summed E-state index contributed by atoms with van der Waals surface area (Å²) in [5.74, 6) is 0.655. The number of nitrogens with zero attached hydrogens (tertiary/aromatic N) is 3. The van der Waals surface area contributed by atoms with Gasteiger partial charge in [0.2, 0.25) is 0 Å². The van der Waals surface area contributed by atoms with Gasteiger partial charge in [0.25, 0.3) is 5.56 Å². The monoisotopic (exact) mass is 392 g/mol. The van der Waals surface area contributed by atoms with Crippen molar-refractivity contribution in [3.05, 3.63) is 75.5 Å². The maximum Gasteiger partial charge on any atom is 0.261 e. The molecule has 3 heterocycles. The van der Waals surface area contributed by atoms with Gasteiger partial charge in [0, 0.05) is 18.0 Å². The molecular formula is C20H16N4O3S. The first-order valence-corrected chi connectivity index (χ1v) is 8.88. The molecule has 0 aliphatic rings. The van der Waals surface area contributed by atoms with Crippen molar-refractivity contribution in [2.45, 2.75) is 6.54 Å².